The molecule has 2 unspecified atom stereocenters. The van der Waals surface area contributed by atoms with E-state index in [0.29, 0.717) is 6.10 Å². The quantitative estimate of drug-likeness (QED) is 0.721. The van der Waals surface area contributed by atoms with Crippen LogP contribution in [0, 0.1) is 11.8 Å². The van der Waals surface area contributed by atoms with E-state index in [1.807, 2.05) is 0 Å². The van der Waals surface area contributed by atoms with Crippen molar-refractivity contribution in [2.24, 2.45) is 11.8 Å². The minimum atomic E-state index is 0.352. The summed E-state index contributed by atoms with van der Waals surface area (Å²) in [5.41, 5.74) is 0. The van der Waals surface area contributed by atoms with Crippen molar-refractivity contribution in [2.75, 3.05) is 39.8 Å². The smallest absolute Gasteiger partial charge is 0.0596 e. The Hall–Kier alpha value is -0.120. The fourth-order valence-electron chi connectivity index (χ4n) is 2.58. The maximum absolute atomic E-state index is 5.58. The molecule has 2 atom stereocenters. The van der Waals surface area contributed by atoms with Gasteiger partial charge >= 0.3 is 0 Å². The molecule has 1 fully saturated rings. The standard InChI is InChI=1S/C15H32N2O/c1-13(2)18-11-10-17(4)9-7-14(3)15-6-5-8-16-12-15/h13-16H,5-12H2,1-4H3. The fraction of sp³-hybridized carbons (Fsp3) is 1.00. The lowest BCUT2D eigenvalue weighted by Crippen LogP contribution is -2.35. The summed E-state index contributed by atoms with van der Waals surface area (Å²) < 4.78 is 5.58. The largest absolute Gasteiger partial charge is 0.377 e. The lowest BCUT2D eigenvalue weighted by Gasteiger charge is -2.29. The van der Waals surface area contributed by atoms with Gasteiger partial charge in [0.15, 0.2) is 0 Å². The molecule has 0 spiro atoms. The zero-order valence-electron chi connectivity index (χ0n) is 12.7. The van der Waals surface area contributed by atoms with Crippen molar-refractivity contribution in [3.8, 4) is 0 Å². The van der Waals surface area contributed by atoms with Gasteiger partial charge in [-0.25, -0.2) is 0 Å². The van der Waals surface area contributed by atoms with Gasteiger partial charge in [0.25, 0.3) is 0 Å². The van der Waals surface area contributed by atoms with E-state index in [1.54, 1.807) is 0 Å². The molecular weight excluding hydrogens is 224 g/mol. The van der Waals surface area contributed by atoms with Gasteiger partial charge in [0.1, 0.15) is 0 Å². The predicted molar refractivity (Wildman–Crippen MR) is 78.0 cm³/mol. The first-order valence-corrected chi connectivity index (χ1v) is 7.60. The van der Waals surface area contributed by atoms with E-state index in [1.165, 1.54) is 38.9 Å². The van der Waals surface area contributed by atoms with Crippen LogP contribution in [0.15, 0.2) is 0 Å². The summed E-state index contributed by atoms with van der Waals surface area (Å²) in [6.07, 6.45) is 4.43. The van der Waals surface area contributed by atoms with E-state index in [9.17, 15) is 0 Å². The van der Waals surface area contributed by atoms with Crippen LogP contribution in [0.3, 0.4) is 0 Å². The molecule has 0 aromatic heterocycles. The van der Waals surface area contributed by atoms with Gasteiger partial charge in [-0.05, 0) is 71.6 Å². The lowest BCUT2D eigenvalue weighted by molar-refractivity contribution is 0.0624. The predicted octanol–water partition coefficient (Wildman–Crippen LogP) is 2.37. The molecule has 0 saturated carbocycles. The monoisotopic (exact) mass is 256 g/mol. The van der Waals surface area contributed by atoms with Crippen LogP contribution in [-0.4, -0.2) is 50.8 Å². The molecule has 3 nitrogen and oxygen atoms in total. The number of likely N-dealkylation sites (N-methyl/N-ethyl adjacent to an activating group) is 1. The van der Waals surface area contributed by atoms with Gasteiger partial charge in [-0.1, -0.05) is 6.92 Å². The molecule has 0 bridgehead atoms. The Labute approximate surface area is 113 Å². The second-order valence-electron chi connectivity index (χ2n) is 6.10. The number of nitrogens with zero attached hydrogens (tertiary/aromatic N) is 1. The Morgan fingerprint density at radius 3 is 2.67 bits per heavy atom. The highest BCUT2D eigenvalue weighted by Gasteiger charge is 2.19. The number of piperidine rings is 1. The number of hydrogen-bond acceptors (Lipinski definition) is 3. The molecule has 0 aliphatic carbocycles. The first-order valence-electron chi connectivity index (χ1n) is 7.60. The molecule has 3 heteroatoms. The molecule has 1 rings (SSSR count). The van der Waals surface area contributed by atoms with Crippen molar-refractivity contribution in [1.82, 2.24) is 10.2 Å². The Bertz CT molecular complexity index is 203. The summed E-state index contributed by atoms with van der Waals surface area (Å²) in [5.74, 6) is 1.73. The molecule has 1 aliphatic heterocycles. The van der Waals surface area contributed by atoms with Crippen molar-refractivity contribution < 1.29 is 4.74 Å². The summed E-state index contributed by atoms with van der Waals surface area (Å²) in [7, 11) is 2.20. The normalized spacial score (nSPS) is 22.7. The fourth-order valence-corrected chi connectivity index (χ4v) is 2.58. The van der Waals surface area contributed by atoms with Crippen molar-refractivity contribution in [3.05, 3.63) is 0 Å². The third kappa shape index (κ3) is 6.72. The van der Waals surface area contributed by atoms with Gasteiger partial charge in [0.05, 0.1) is 12.7 Å². The first-order chi connectivity index (χ1) is 8.59. The second kappa shape index (κ2) is 8.89. The zero-order chi connectivity index (χ0) is 13.4. The van der Waals surface area contributed by atoms with Crippen LogP contribution in [0.5, 0.6) is 0 Å². The molecule has 0 aromatic rings. The minimum absolute atomic E-state index is 0.352. The molecule has 0 radical (unpaired) electrons. The lowest BCUT2D eigenvalue weighted by atomic mass is 9.85. The van der Waals surface area contributed by atoms with Crippen LogP contribution in [0.25, 0.3) is 0 Å². The molecule has 0 aromatic carbocycles. The molecule has 1 N–H and O–H groups in total. The maximum atomic E-state index is 5.58. The SMILES string of the molecule is CC(C)OCCN(C)CCC(C)C1CCCNC1. The number of rotatable bonds is 8. The number of nitrogens with one attached hydrogen (secondary N) is 1. The zero-order valence-corrected chi connectivity index (χ0v) is 12.7. The highest BCUT2D eigenvalue weighted by molar-refractivity contribution is 4.74. The maximum Gasteiger partial charge on any atom is 0.0596 e. The summed E-state index contributed by atoms with van der Waals surface area (Å²) >= 11 is 0. The first kappa shape index (κ1) is 15.9. The van der Waals surface area contributed by atoms with Crippen LogP contribution in [0.4, 0.5) is 0 Å². The minimum Gasteiger partial charge on any atom is -0.377 e. The molecular formula is C15H32N2O. The average molecular weight is 256 g/mol. The van der Waals surface area contributed by atoms with Crippen molar-refractivity contribution in [2.45, 2.75) is 46.1 Å². The average Bonchev–Trinajstić information content (AvgIpc) is 2.36. The van der Waals surface area contributed by atoms with E-state index in [4.69, 9.17) is 4.74 Å². The van der Waals surface area contributed by atoms with Gasteiger partial charge in [-0.2, -0.15) is 0 Å². The van der Waals surface area contributed by atoms with Crippen LogP contribution < -0.4 is 5.32 Å². The van der Waals surface area contributed by atoms with Gasteiger partial charge < -0.3 is 15.0 Å². The van der Waals surface area contributed by atoms with Crippen LogP contribution in [0.2, 0.25) is 0 Å². The van der Waals surface area contributed by atoms with Gasteiger partial charge in [-0.15, -0.1) is 0 Å². The summed E-state index contributed by atoms with van der Waals surface area (Å²) in [6.45, 7) is 12.1. The van der Waals surface area contributed by atoms with Crippen molar-refractivity contribution in [3.63, 3.8) is 0 Å². The number of hydrogen-bond donors (Lipinski definition) is 1. The summed E-state index contributed by atoms with van der Waals surface area (Å²) in [5, 5.41) is 3.52. The Morgan fingerprint density at radius 1 is 1.28 bits per heavy atom. The van der Waals surface area contributed by atoms with Crippen LogP contribution in [0.1, 0.15) is 40.0 Å². The third-order valence-electron chi connectivity index (χ3n) is 4.03. The Kier molecular flexibility index (Phi) is 7.87. The molecule has 108 valence electrons. The van der Waals surface area contributed by atoms with E-state index in [-0.39, 0.29) is 0 Å². The van der Waals surface area contributed by atoms with Gasteiger partial charge in [0, 0.05) is 6.54 Å². The molecule has 1 saturated heterocycles. The molecule has 18 heavy (non-hydrogen) atoms. The van der Waals surface area contributed by atoms with Crippen molar-refractivity contribution in [1.29, 1.82) is 0 Å². The Balaban J connectivity index is 2.07. The van der Waals surface area contributed by atoms with Crippen LogP contribution >= 0.6 is 0 Å². The number of ether oxygens (including phenoxy) is 1. The highest BCUT2D eigenvalue weighted by Crippen LogP contribution is 2.22. The highest BCUT2D eigenvalue weighted by atomic mass is 16.5. The van der Waals surface area contributed by atoms with E-state index in [0.717, 1.165) is 25.0 Å². The van der Waals surface area contributed by atoms with E-state index >= 15 is 0 Å². The molecule has 1 heterocycles. The van der Waals surface area contributed by atoms with E-state index < -0.39 is 0 Å². The Morgan fingerprint density at radius 2 is 2.06 bits per heavy atom. The van der Waals surface area contributed by atoms with E-state index in [2.05, 4.69) is 38.0 Å². The topological polar surface area (TPSA) is 24.5 Å². The molecule has 1 aliphatic rings. The summed E-state index contributed by atoms with van der Waals surface area (Å²) in [6, 6.07) is 0. The van der Waals surface area contributed by atoms with Gasteiger partial charge in [0.2, 0.25) is 0 Å². The van der Waals surface area contributed by atoms with Gasteiger partial charge in [-0.3, -0.25) is 0 Å². The van der Waals surface area contributed by atoms with Crippen molar-refractivity contribution >= 4 is 0 Å². The summed E-state index contributed by atoms with van der Waals surface area (Å²) in [4.78, 5) is 2.40. The third-order valence-corrected chi connectivity index (χ3v) is 4.03. The second-order valence-corrected chi connectivity index (χ2v) is 6.10. The van der Waals surface area contributed by atoms with Crippen LogP contribution in [-0.2, 0) is 4.74 Å². The molecule has 0 amide bonds.